The van der Waals surface area contributed by atoms with Gasteiger partial charge in [-0.3, -0.25) is 9.59 Å². The van der Waals surface area contributed by atoms with Gasteiger partial charge in [-0.2, -0.15) is 13.2 Å². The second-order valence-electron chi connectivity index (χ2n) is 7.00. The smallest absolute Gasteiger partial charge is 0.350 e. The second-order valence-corrected chi connectivity index (χ2v) is 7.00. The quantitative estimate of drug-likeness (QED) is 0.791. The van der Waals surface area contributed by atoms with E-state index >= 15 is 0 Å². The van der Waals surface area contributed by atoms with Crippen LogP contribution in [0.5, 0.6) is 0 Å². The largest absolute Gasteiger partial charge is 0.416 e. The Morgan fingerprint density at radius 1 is 1.21 bits per heavy atom. The Morgan fingerprint density at radius 2 is 1.96 bits per heavy atom. The van der Waals surface area contributed by atoms with Crippen LogP contribution in [-0.4, -0.2) is 11.8 Å². The van der Waals surface area contributed by atoms with Gasteiger partial charge in [0, 0.05) is 18.0 Å². The number of halogens is 3. The second kappa shape index (κ2) is 8.04. The minimum Gasteiger partial charge on any atom is -0.350 e. The van der Waals surface area contributed by atoms with E-state index in [9.17, 15) is 22.8 Å². The van der Waals surface area contributed by atoms with Gasteiger partial charge in [-0.25, -0.2) is 0 Å². The number of amides is 2. The molecule has 2 atom stereocenters. The maximum atomic E-state index is 12.8. The molecule has 4 nitrogen and oxygen atoms in total. The Hall–Kier alpha value is -2.83. The Bertz CT molecular complexity index is 880. The van der Waals surface area contributed by atoms with Crippen LogP contribution in [0.4, 0.5) is 18.9 Å². The van der Waals surface area contributed by atoms with E-state index in [1.165, 1.54) is 6.07 Å². The molecule has 2 aromatic rings. The van der Waals surface area contributed by atoms with Gasteiger partial charge in [0.2, 0.25) is 11.8 Å². The number of alkyl halides is 3. The number of hydrogen-bond acceptors (Lipinski definition) is 2. The van der Waals surface area contributed by atoms with Gasteiger partial charge in [0.05, 0.1) is 11.6 Å². The molecule has 2 aromatic carbocycles. The van der Waals surface area contributed by atoms with Gasteiger partial charge in [-0.15, -0.1) is 0 Å². The van der Waals surface area contributed by atoms with Gasteiger partial charge in [-0.05, 0) is 49.1 Å². The highest BCUT2D eigenvalue weighted by Gasteiger charge is 2.31. The van der Waals surface area contributed by atoms with E-state index in [1.807, 2.05) is 24.3 Å². The first kappa shape index (κ1) is 19.9. The predicted octanol–water partition coefficient (Wildman–Crippen LogP) is 4.47. The third-order valence-corrected chi connectivity index (χ3v) is 4.92. The van der Waals surface area contributed by atoms with Crippen molar-refractivity contribution >= 4 is 17.5 Å². The van der Waals surface area contributed by atoms with Crippen LogP contribution in [0.2, 0.25) is 0 Å². The van der Waals surface area contributed by atoms with Gasteiger partial charge in [0.25, 0.3) is 0 Å². The van der Waals surface area contributed by atoms with Crippen molar-refractivity contribution in [2.75, 3.05) is 5.32 Å². The maximum Gasteiger partial charge on any atom is 0.416 e. The molecule has 28 heavy (non-hydrogen) atoms. The summed E-state index contributed by atoms with van der Waals surface area (Å²) in [4.78, 5) is 24.4. The lowest BCUT2D eigenvalue weighted by molar-refractivity contribution is -0.137. The zero-order chi connectivity index (χ0) is 20.3. The molecule has 148 valence electrons. The minimum absolute atomic E-state index is 0.113. The lowest BCUT2D eigenvalue weighted by Crippen LogP contribution is -2.32. The van der Waals surface area contributed by atoms with Crippen LogP contribution in [0.25, 0.3) is 0 Å². The Balaban J connectivity index is 1.55. The summed E-state index contributed by atoms with van der Waals surface area (Å²) in [5.41, 5.74) is 1.47. The number of anilines is 1. The van der Waals surface area contributed by atoms with Crippen LogP contribution in [0, 0.1) is 5.92 Å². The Kier molecular flexibility index (Phi) is 5.72. The van der Waals surface area contributed by atoms with E-state index in [0.717, 1.165) is 23.4 Å². The number of hydrogen-bond donors (Lipinski definition) is 2. The number of carbonyl (C=O) groups excluding carboxylic acids is 2. The molecule has 2 N–H and O–H groups in total. The van der Waals surface area contributed by atoms with Crippen molar-refractivity contribution in [3.63, 3.8) is 0 Å². The van der Waals surface area contributed by atoms with Gasteiger partial charge in [0.15, 0.2) is 0 Å². The van der Waals surface area contributed by atoms with Crippen molar-refractivity contribution in [1.82, 2.24) is 5.32 Å². The lowest BCUT2D eigenvalue weighted by Gasteiger charge is -2.24. The lowest BCUT2D eigenvalue weighted by atomic mass is 9.89. The van der Waals surface area contributed by atoms with Crippen LogP contribution in [0.15, 0.2) is 48.5 Å². The number of nitrogens with one attached hydrogen (secondary N) is 2. The van der Waals surface area contributed by atoms with Crippen LogP contribution in [0.1, 0.15) is 42.5 Å². The fourth-order valence-corrected chi connectivity index (χ4v) is 3.33. The third kappa shape index (κ3) is 4.71. The summed E-state index contributed by atoms with van der Waals surface area (Å²) in [6.45, 7) is 1.64. The maximum absolute atomic E-state index is 12.8. The third-order valence-electron chi connectivity index (χ3n) is 4.92. The van der Waals surface area contributed by atoms with Crippen molar-refractivity contribution in [2.24, 2.45) is 5.92 Å². The van der Waals surface area contributed by atoms with Crippen molar-refractivity contribution in [1.29, 1.82) is 0 Å². The van der Waals surface area contributed by atoms with Crippen LogP contribution in [-0.2, 0) is 22.2 Å². The average Bonchev–Trinajstić information content (AvgIpc) is 2.65. The molecule has 0 bridgehead atoms. The van der Waals surface area contributed by atoms with Crippen molar-refractivity contribution in [3.8, 4) is 0 Å². The van der Waals surface area contributed by atoms with Gasteiger partial charge >= 0.3 is 6.18 Å². The summed E-state index contributed by atoms with van der Waals surface area (Å²) >= 11 is 0. The zero-order valence-corrected chi connectivity index (χ0v) is 15.3. The van der Waals surface area contributed by atoms with Gasteiger partial charge < -0.3 is 10.6 Å². The first-order valence-electron chi connectivity index (χ1n) is 9.09. The van der Waals surface area contributed by atoms with E-state index in [0.29, 0.717) is 18.4 Å². The summed E-state index contributed by atoms with van der Waals surface area (Å²) in [6, 6.07) is 11.9. The van der Waals surface area contributed by atoms with E-state index in [1.54, 1.807) is 13.0 Å². The number of benzene rings is 2. The summed E-state index contributed by atoms with van der Waals surface area (Å²) < 4.78 is 38.5. The molecule has 1 aliphatic heterocycles. The average molecular weight is 390 g/mol. The summed E-state index contributed by atoms with van der Waals surface area (Å²) in [7, 11) is 0. The molecule has 0 saturated carbocycles. The molecule has 0 fully saturated rings. The highest BCUT2D eigenvalue weighted by atomic mass is 19.4. The van der Waals surface area contributed by atoms with E-state index in [2.05, 4.69) is 10.6 Å². The number of rotatable bonds is 5. The van der Waals surface area contributed by atoms with E-state index in [-0.39, 0.29) is 24.2 Å². The molecule has 2 amide bonds. The molecule has 0 aromatic heterocycles. The summed E-state index contributed by atoms with van der Waals surface area (Å²) in [6.07, 6.45) is -3.35. The van der Waals surface area contributed by atoms with Crippen LogP contribution in [0.3, 0.4) is 0 Å². The Labute approximate surface area is 161 Å². The normalized spacial score (nSPS) is 17.4. The van der Waals surface area contributed by atoms with E-state index in [4.69, 9.17) is 0 Å². The molecule has 1 heterocycles. The fourth-order valence-electron chi connectivity index (χ4n) is 3.33. The van der Waals surface area contributed by atoms with Crippen LogP contribution >= 0.6 is 0 Å². The standard InChI is InChI=1S/C21H21F3N2O2/c1-13(14-6-4-7-17(12-14)21(22,23)24)25-19(27)10-9-16-11-15-5-2-3-8-18(15)26-20(16)28/h2-8,12-13,16H,9-11H2,1H3,(H,25,27)(H,26,28). The Morgan fingerprint density at radius 3 is 2.71 bits per heavy atom. The monoisotopic (exact) mass is 390 g/mol. The number of fused-ring (bicyclic) bond motifs is 1. The van der Waals surface area contributed by atoms with Gasteiger partial charge in [-0.1, -0.05) is 30.3 Å². The highest BCUT2D eigenvalue weighted by molar-refractivity contribution is 5.96. The summed E-state index contributed by atoms with van der Waals surface area (Å²) in [5.74, 6) is -0.710. The highest BCUT2D eigenvalue weighted by Crippen LogP contribution is 2.31. The topological polar surface area (TPSA) is 58.2 Å². The first-order valence-corrected chi connectivity index (χ1v) is 9.09. The zero-order valence-electron chi connectivity index (χ0n) is 15.3. The first-order chi connectivity index (χ1) is 13.2. The molecule has 0 aliphatic carbocycles. The fraction of sp³-hybridized carbons (Fsp3) is 0.333. The molecule has 1 aliphatic rings. The molecule has 7 heteroatoms. The predicted molar refractivity (Wildman–Crippen MR) is 99.5 cm³/mol. The SMILES string of the molecule is CC(NC(=O)CCC1Cc2ccccc2NC1=O)c1cccc(C(F)(F)F)c1. The number of carbonyl (C=O) groups is 2. The van der Waals surface area contributed by atoms with Gasteiger partial charge in [0.1, 0.15) is 0 Å². The molecular weight excluding hydrogens is 369 g/mol. The summed E-state index contributed by atoms with van der Waals surface area (Å²) in [5, 5.41) is 5.55. The van der Waals surface area contributed by atoms with E-state index < -0.39 is 17.8 Å². The van der Waals surface area contributed by atoms with Crippen molar-refractivity contribution in [3.05, 3.63) is 65.2 Å². The molecular formula is C21H21F3N2O2. The molecule has 0 spiro atoms. The molecule has 3 rings (SSSR count). The number of para-hydroxylation sites is 1. The minimum atomic E-state index is -4.43. The van der Waals surface area contributed by atoms with Crippen LogP contribution < -0.4 is 10.6 Å². The van der Waals surface area contributed by atoms with Crippen molar-refractivity contribution in [2.45, 2.75) is 38.4 Å². The molecule has 0 radical (unpaired) electrons. The molecule has 2 unspecified atom stereocenters. The van der Waals surface area contributed by atoms with Crippen molar-refractivity contribution < 1.29 is 22.8 Å². The molecule has 0 saturated heterocycles.